The number of phenols is 1. The molecule has 0 aliphatic carbocycles. The van der Waals surface area contributed by atoms with Crippen molar-refractivity contribution in [1.29, 1.82) is 0 Å². The summed E-state index contributed by atoms with van der Waals surface area (Å²) in [5.41, 5.74) is 5.14. The van der Waals surface area contributed by atoms with Crippen LogP contribution in [0.15, 0.2) is 34.1 Å². The Morgan fingerprint density at radius 1 is 0.905 bits per heavy atom. The van der Waals surface area contributed by atoms with Crippen molar-refractivity contribution >= 4 is 55.6 Å². The second-order valence-electron chi connectivity index (χ2n) is 4.00. The molecule has 2 aromatic rings. The Kier molecular flexibility index (Phi) is 4.64. The summed E-state index contributed by atoms with van der Waals surface area (Å²) in [7, 11) is -9.18. The van der Waals surface area contributed by atoms with Crippen molar-refractivity contribution < 1.29 is 31.0 Å². The Bertz CT molecular complexity index is 922. The number of benzene rings is 2. The van der Waals surface area contributed by atoms with Gasteiger partial charge in [-0.1, -0.05) is 0 Å². The number of nitrogen functional groups attached to an aromatic ring is 1. The number of fused-ring (bicyclic) bond motifs is 1. The molecule has 110 valence electrons. The van der Waals surface area contributed by atoms with Gasteiger partial charge < -0.3 is 10.8 Å². The van der Waals surface area contributed by atoms with Gasteiger partial charge >= 0.3 is 18.9 Å². The molecule has 11 heteroatoms. The van der Waals surface area contributed by atoms with E-state index in [-0.39, 0.29) is 35.3 Å². The van der Waals surface area contributed by atoms with Crippen LogP contribution in [0.25, 0.3) is 10.8 Å². The number of anilines is 1. The van der Waals surface area contributed by atoms with E-state index in [1.54, 1.807) is 0 Å². The third-order valence-electron chi connectivity index (χ3n) is 2.61. The SMILES string of the molecule is Nc1cc2c(O)cc(S(=O)(=O)O)cc2cc1S(=O)(=O)O.[LiH]. The van der Waals surface area contributed by atoms with Gasteiger partial charge in [0, 0.05) is 11.5 Å². The fourth-order valence-corrected chi connectivity index (χ4v) is 2.90. The molecule has 2 rings (SSSR count). The van der Waals surface area contributed by atoms with Crippen molar-refractivity contribution in [3.8, 4) is 5.75 Å². The van der Waals surface area contributed by atoms with E-state index in [2.05, 4.69) is 0 Å². The average Bonchev–Trinajstić information content (AvgIpc) is 2.26. The number of nitrogens with two attached hydrogens (primary N) is 1. The van der Waals surface area contributed by atoms with E-state index in [0.29, 0.717) is 0 Å². The maximum absolute atomic E-state index is 11.1. The van der Waals surface area contributed by atoms with Crippen molar-refractivity contribution in [3.05, 3.63) is 24.3 Å². The van der Waals surface area contributed by atoms with Crippen LogP contribution < -0.4 is 5.73 Å². The molecule has 0 aromatic heterocycles. The van der Waals surface area contributed by atoms with Crippen LogP contribution in [0.3, 0.4) is 0 Å². The summed E-state index contributed by atoms with van der Waals surface area (Å²) in [6.07, 6.45) is 0. The molecule has 0 aliphatic heterocycles. The van der Waals surface area contributed by atoms with E-state index in [9.17, 15) is 21.9 Å². The minimum absolute atomic E-state index is 0. The van der Waals surface area contributed by atoms with Crippen molar-refractivity contribution in [2.45, 2.75) is 9.79 Å². The van der Waals surface area contributed by atoms with E-state index >= 15 is 0 Å². The molecule has 2 aromatic carbocycles. The van der Waals surface area contributed by atoms with E-state index in [1.165, 1.54) is 0 Å². The summed E-state index contributed by atoms with van der Waals surface area (Å²) in [4.78, 5) is -1.24. The molecule has 0 atom stereocenters. The fourth-order valence-electron chi connectivity index (χ4n) is 1.73. The van der Waals surface area contributed by atoms with Gasteiger partial charge in [0.25, 0.3) is 20.2 Å². The van der Waals surface area contributed by atoms with Crippen molar-refractivity contribution in [3.63, 3.8) is 0 Å². The van der Waals surface area contributed by atoms with Gasteiger partial charge in [0.15, 0.2) is 0 Å². The van der Waals surface area contributed by atoms with Gasteiger partial charge in [-0.15, -0.1) is 0 Å². The van der Waals surface area contributed by atoms with Gasteiger partial charge in [-0.3, -0.25) is 9.11 Å². The summed E-state index contributed by atoms with van der Waals surface area (Å²) in [6.45, 7) is 0. The number of aromatic hydroxyl groups is 1. The zero-order chi connectivity index (χ0) is 15.3. The maximum atomic E-state index is 11.1. The van der Waals surface area contributed by atoms with Crippen LogP contribution in [0, 0.1) is 0 Å². The number of rotatable bonds is 2. The monoisotopic (exact) mass is 327 g/mol. The number of hydrogen-bond donors (Lipinski definition) is 4. The Morgan fingerprint density at radius 3 is 1.95 bits per heavy atom. The molecule has 0 heterocycles. The normalized spacial score (nSPS) is 12.1. The van der Waals surface area contributed by atoms with Crippen LogP contribution in [0.4, 0.5) is 5.69 Å². The second-order valence-corrected chi connectivity index (χ2v) is 6.82. The first-order valence-corrected chi connectivity index (χ1v) is 7.89. The van der Waals surface area contributed by atoms with Crippen molar-refractivity contribution in [2.75, 3.05) is 5.73 Å². The third-order valence-corrected chi connectivity index (χ3v) is 4.35. The molecule has 0 spiro atoms. The summed E-state index contributed by atoms with van der Waals surface area (Å²) in [6, 6.07) is 3.71. The zero-order valence-corrected chi connectivity index (χ0v) is 11.3. The van der Waals surface area contributed by atoms with Crippen LogP contribution in [0.2, 0.25) is 0 Å². The zero-order valence-electron chi connectivity index (χ0n) is 9.68. The second kappa shape index (κ2) is 5.49. The van der Waals surface area contributed by atoms with Crippen molar-refractivity contribution in [2.24, 2.45) is 0 Å². The molecule has 0 saturated heterocycles. The van der Waals surface area contributed by atoms with E-state index in [1.807, 2.05) is 0 Å². The molecule has 5 N–H and O–H groups in total. The number of phenolic OH excluding ortho intramolecular Hbond substituents is 1. The Morgan fingerprint density at radius 2 is 1.48 bits per heavy atom. The van der Waals surface area contributed by atoms with Gasteiger partial charge in [-0.2, -0.15) is 16.8 Å². The molecular formula is C10H10LiNO7S2. The predicted molar refractivity (Wildman–Crippen MR) is 76.8 cm³/mol. The van der Waals surface area contributed by atoms with E-state index in [4.69, 9.17) is 14.8 Å². The molecule has 0 aliphatic rings. The van der Waals surface area contributed by atoms with Crippen LogP contribution >= 0.6 is 0 Å². The van der Waals surface area contributed by atoms with E-state index in [0.717, 1.165) is 24.3 Å². The predicted octanol–water partition coefficient (Wildman–Crippen LogP) is -0.0275. The first-order chi connectivity index (χ1) is 9.00. The fraction of sp³-hybridized carbons (Fsp3) is 0. The molecular weight excluding hydrogens is 317 g/mol. The standard InChI is InChI=1S/C10H9NO7S2.Li.H/c11-8-4-7-5(2-10(8)20(16,17)18)1-6(3-9(7)12)19(13,14)15;;/h1-4,12H,11H2,(H,13,14,15)(H,16,17,18);;. The van der Waals surface area contributed by atoms with Crippen LogP contribution in [0.5, 0.6) is 5.75 Å². The summed E-state index contributed by atoms with van der Waals surface area (Å²) in [5, 5.41) is 9.73. The van der Waals surface area contributed by atoms with E-state index < -0.39 is 35.8 Å². The summed E-state index contributed by atoms with van der Waals surface area (Å²) >= 11 is 0. The molecule has 0 unspecified atom stereocenters. The molecule has 0 fully saturated rings. The first kappa shape index (κ1) is 17.8. The topological polar surface area (TPSA) is 155 Å². The minimum atomic E-state index is -4.60. The third kappa shape index (κ3) is 3.49. The summed E-state index contributed by atoms with van der Waals surface area (Å²) < 4.78 is 62.2. The van der Waals surface area contributed by atoms with Gasteiger partial charge in [0.05, 0.1) is 10.6 Å². The molecule has 0 saturated carbocycles. The van der Waals surface area contributed by atoms with Crippen LogP contribution in [-0.4, -0.2) is 49.9 Å². The van der Waals surface area contributed by atoms with Crippen molar-refractivity contribution in [1.82, 2.24) is 0 Å². The molecule has 0 bridgehead atoms. The Labute approximate surface area is 132 Å². The quantitative estimate of drug-likeness (QED) is 0.340. The molecule has 8 nitrogen and oxygen atoms in total. The van der Waals surface area contributed by atoms with Crippen LogP contribution in [-0.2, 0) is 20.2 Å². The molecule has 0 radical (unpaired) electrons. The van der Waals surface area contributed by atoms with Gasteiger partial charge in [0.1, 0.15) is 10.6 Å². The first-order valence-electron chi connectivity index (χ1n) is 5.01. The Balaban J connectivity index is 0.00000220. The van der Waals surface area contributed by atoms with Gasteiger partial charge in [-0.05, 0) is 23.6 Å². The van der Waals surface area contributed by atoms with Gasteiger partial charge in [-0.25, -0.2) is 0 Å². The molecule has 0 amide bonds. The number of hydrogen-bond acceptors (Lipinski definition) is 6. The van der Waals surface area contributed by atoms with Crippen LogP contribution in [0.1, 0.15) is 0 Å². The summed E-state index contributed by atoms with van der Waals surface area (Å²) in [5.74, 6) is -0.510. The Hall–Kier alpha value is -1.28. The van der Waals surface area contributed by atoms with Gasteiger partial charge in [0.2, 0.25) is 0 Å². The molecule has 21 heavy (non-hydrogen) atoms. The average molecular weight is 327 g/mol.